The monoisotopic (exact) mass is 452 g/mol. The summed E-state index contributed by atoms with van der Waals surface area (Å²) in [7, 11) is 0. The van der Waals surface area contributed by atoms with Crippen LogP contribution >= 0.6 is 48.6 Å². The maximum atomic E-state index is 6.02. The van der Waals surface area contributed by atoms with Gasteiger partial charge in [0, 0.05) is 38.4 Å². The largest absolute Gasteiger partial charge is 0.353 e. The van der Waals surface area contributed by atoms with Crippen LogP contribution < -0.4 is 10.6 Å². The third-order valence-corrected chi connectivity index (χ3v) is 6.69. The molecule has 2 aromatic rings. The fourth-order valence-electron chi connectivity index (χ4n) is 4.13. The molecule has 1 aliphatic heterocycles. The molecule has 0 spiro atoms. The minimum Gasteiger partial charge on any atom is -0.353 e. The molecule has 27 heavy (non-hydrogen) atoms. The molecular formula is C19H31Cl3N4S. The van der Waals surface area contributed by atoms with Crippen LogP contribution in [0.4, 0.5) is 5.82 Å². The van der Waals surface area contributed by atoms with Crippen molar-refractivity contribution in [1.29, 1.82) is 0 Å². The second-order valence-electron chi connectivity index (χ2n) is 7.37. The fraction of sp³-hybridized carbons (Fsp3) is 0.632. The predicted octanol–water partition coefficient (Wildman–Crippen LogP) is 4.59. The van der Waals surface area contributed by atoms with Crippen LogP contribution in [0.3, 0.4) is 0 Å². The Morgan fingerprint density at radius 2 is 1.70 bits per heavy atom. The summed E-state index contributed by atoms with van der Waals surface area (Å²) in [5, 5.41) is 3.49. The molecule has 1 saturated carbocycles. The molecule has 0 unspecified atom stereocenters. The van der Waals surface area contributed by atoms with Gasteiger partial charge >= 0.3 is 0 Å². The van der Waals surface area contributed by atoms with E-state index in [0.717, 1.165) is 32.1 Å². The summed E-state index contributed by atoms with van der Waals surface area (Å²) in [5.41, 5.74) is 6.02. The number of halogens is 3. The summed E-state index contributed by atoms with van der Waals surface area (Å²) in [6.45, 7) is 5.77. The Balaban J connectivity index is 0.00000121. The Kier molecular flexibility index (Phi) is 10.7. The number of pyridine rings is 1. The summed E-state index contributed by atoms with van der Waals surface area (Å²) < 4.78 is 1.34. The molecule has 0 atom stereocenters. The van der Waals surface area contributed by atoms with Gasteiger partial charge in [-0.05, 0) is 67.5 Å². The van der Waals surface area contributed by atoms with Crippen molar-refractivity contribution in [3.8, 4) is 0 Å². The van der Waals surface area contributed by atoms with Gasteiger partial charge in [-0.15, -0.1) is 48.6 Å². The second kappa shape index (κ2) is 11.6. The van der Waals surface area contributed by atoms with Gasteiger partial charge in [0.25, 0.3) is 0 Å². The van der Waals surface area contributed by atoms with Gasteiger partial charge in [-0.2, -0.15) is 0 Å². The van der Waals surface area contributed by atoms with Gasteiger partial charge in [0.05, 0.1) is 4.70 Å². The zero-order valence-corrected chi connectivity index (χ0v) is 18.9. The third-order valence-electron chi connectivity index (χ3n) is 5.77. The Bertz CT molecular complexity index is 668. The van der Waals surface area contributed by atoms with E-state index in [1.165, 1.54) is 54.6 Å². The number of fused-ring (bicyclic) bond motifs is 1. The topological polar surface area (TPSA) is 45.4 Å². The quantitative estimate of drug-likeness (QED) is 0.735. The molecule has 4 rings (SSSR count). The second-order valence-corrected chi connectivity index (χ2v) is 8.29. The number of hydrogen-bond acceptors (Lipinski definition) is 5. The lowest BCUT2D eigenvalue weighted by Crippen LogP contribution is -2.47. The SMILES string of the molecule is Cl.Cl.Cl.N[C@H]1CC[C@H](CCN2CCN(c3nccc4ccsc34)CC2)CC1. The number of piperazine rings is 1. The Hall–Kier alpha value is -0.300. The summed E-state index contributed by atoms with van der Waals surface area (Å²) in [5.74, 6) is 2.09. The maximum Gasteiger partial charge on any atom is 0.146 e. The number of thiophene rings is 1. The van der Waals surface area contributed by atoms with Crippen LogP contribution in [0.5, 0.6) is 0 Å². The fourth-order valence-corrected chi connectivity index (χ4v) is 5.04. The lowest BCUT2D eigenvalue weighted by molar-refractivity contribution is 0.216. The number of nitrogens with zero attached hydrogens (tertiary/aromatic N) is 3. The number of anilines is 1. The molecular weight excluding hydrogens is 423 g/mol. The zero-order chi connectivity index (χ0) is 16.4. The van der Waals surface area contributed by atoms with Crippen molar-refractivity contribution in [1.82, 2.24) is 9.88 Å². The minimum absolute atomic E-state index is 0. The van der Waals surface area contributed by atoms with Crippen molar-refractivity contribution in [3.05, 3.63) is 23.7 Å². The summed E-state index contributed by atoms with van der Waals surface area (Å²) in [6.07, 6.45) is 8.44. The molecule has 4 nitrogen and oxygen atoms in total. The van der Waals surface area contributed by atoms with Gasteiger partial charge in [-0.1, -0.05) is 0 Å². The number of nitrogens with two attached hydrogens (primary N) is 1. The van der Waals surface area contributed by atoms with Gasteiger partial charge in [0.1, 0.15) is 5.82 Å². The van der Waals surface area contributed by atoms with E-state index in [-0.39, 0.29) is 37.2 Å². The van der Waals surface area contributed by atoms with Crippen molar-refractivity contribution in [2.45, 2.75) is 38.1 Å². The Morgan fingerprint density at radius 3 is 2.41 bits per heavy atom. The highest BCUT2D eigenvalue weighted by molar-refractivity contribution is 7.17. The number of aromatic nitrogens is 1. The summed E-state index contributed by atoms with van der Waals surface area (Å²) in [6, 6.07) is 4.77. The lowest BCUT2D eigenvalue weighted by Gasteiger charge is -2.36. The normalized spacial score (nSPS) is 23.2. The molecule has 154 valence electrons. The van der Waals surface area contributed by atoms with Crippen LogP contribution in [0, 0.1) is 5.92 Å². The van der Waals surface area contributed by atoms with Crippen molar-refractivity contribution in [2.24, 2.45) is 11.7 Å². The third kappa shape index (κ3) is 6.09. The summed E-state index contributed by atoms with van der Waals surface area (Å²) in [4.78, 5) is 9.77. The molecule has 2 fully saturated rings. The van der Waals surface area contributed by atoms with Gasteiger partial charge in [0.15, 0.2) is 0 Å². The van der Waals surface area contributed by atoms with Gasteiger partial charge in [-0.3, -0.25) is 4.90 Å². The smallest absolute Gasteiger partial charge is 0.146 e. The first-order valence-electron chi connectivity index (χ1n) is 9.34. The molecule has 2 aliphatic rings. The highest BCUT2D eigenvalue weighted by Gasteiger charge is 2.22. The molecule has 1 aliphatic carbocycles. The van der Waals surface area contributed by atoms with Crippen LogP contribution in [-0.4, -0.2) is 48.6 Å². The van der Waals surface area contributed by atoms with Crippen LogP contribution in [-0.2, 0) is 0 Å². The predicted molar refractivity (Wildman–Crippen MR) is 125 cm³/mol. The highest BCUT2D eigenvalue weighted by Crippen LogP contribution is 2.30. The van der Waals surface area contributed by atoms with Gasteiger partial charge in [0.2, 0.25) is 0 Å². The lowest BCUT2D eigenvalue weighted by atomic mass is 9.84. The van der Waals surface area contributed by atoms with E-state index in [1.807, 2.05) is 17.5 Å². The van der Waals surface area contributed by atoms with Crippen molar-refractivity contribution in [3.63, 3.8) is 0 Å². The van der Waals surface area contributed by atoms with Crippen molar-refractivity contribution < 1.29 is 0 Å². The summed E-state index contributed by atoms with van der Waals surface area (Å²) >= 11 is 1.81. The van der Waals surface area contributed by atoms with E-state index in [9.17, 15) is 0 Å². The van der Waals surface area contributed by atoms with E-state index in [2.05, 4.69) is 32.3 Å². The molecule has 0 radical (unpaired) electrons. The number of rotatable bonds is 4. The van der Waals surface area contributed by atoms with E-state index in [4.69, 9.17) is 5.73 Å². The van der Waals surface area contributed by atoms with Crippen molar-refractivity contribution in [2.75, 3.05) is 37.6 Å². The van der Waals surface area contributed by atoms with E-state index in [0.29, 0.717) is 6.04 Å². The Labute approximate surface area is 185 Å². The van der Waals surface area contributed by atoms with E-state index >= 15 is 0 Å². The standard InChI is InChI=1S/C19H28N4S.3ClH/c20-17-3-1-15(2-4-17)6-9-22-10-12-23(13-11-22)19-18-16(5-8-21-19)7-14-24-18;;;/h5,7-8,14-15,17H,1-4,6,9-13,20H2;3*1H/t15-,17-;;;. The average Bonchev–Trinajstić information content (AvgIpc) is 3.10. The first-order chi connectivity index (χ1) is 11.8. The molecule has 2 N–H and O–H groups in total. The Morgan fingerprint density at radius 1 is 1.00 bits per heavy atom. The van der Waals surface area contributed by atoms with E-state index in [1.54, 1.807) is 0 Å². The first-order valence-corrected chi connectivity index (χ1v) is 10.2. The first kappa shape index (κ1) is 24.7. The number of hydrogen-bond donors (Lipinski definition) is 1. The molecule has 0 aromatic carbocycles. The van der Waals surface area contributed by atoms with Crippen LogP contribution in [0.2, 0.25) is 0 Å². The van der Waals surface area contributed by atoms with Crippen LogP contribution in [0.25, 0.3) is 10.1 Å². The van der Waals surface area contributed by atoms with Crippen LogP contribution in [0.1, 0.15) is 32.1 Å². The van der Waals surface area contributed by atoms with Gasteiger partial charge in [-0.25, -0.2) is 4.98 Å². The van der Waals surface area contributed by atoms with Crippen molar-refractivity contribution >= 4 is 64.5 Å². The molecule has 1 saturated heterocycles. The molecule has 0 bridgehead atoms. The molecule has 2 aromatic heterocycles. The minimum atomic E-state index is 0. The average molecular weight is 454 g/mol. The molecule has 3 heterocycles. The van der Waals surface area contributed by atoms with Gasteiger partial charge < -0.3 is 10.6 Å². The highest BCUT2D eigenvalue weighted by atomic mass is 35.5. The van der Waals surface area contributed by atoms with Crippen LogP contribution in [0.15, 0.2) is 23.7 Å². The maximum absolute atomic E-state index is 6.02. The van der Waals surface area contributed by atoms with E-state index < -0.39 is 0 Å². The molecule has 0 amide bonds. The zero-order valence-electron chi connectivity index (χ0n) is 15.6. The molecule has 8 heteroatoms.